The van der Waals surface area contributed by atoms with Crippen LogP contribution in [0.3, 0.4) is 0 Å². The standard InChI is InChI=1S/C7H14N/c1-7-4-3-5-8(2)6-7/h6-7H,3-5H2,1-2H3. The Morgan fingerprint density at radius 1 is 1.62 bits per heavy atom. The van der Waals surface area contributed by atoms with Gasteiger partial charge in [0.1, 0.15) is 0 Å². The van der Waals surface area contributed by atoms with Gasteiger partial charge in [-0.2, -0.15) is 0 Å². The number of piperidine rings is 1. The molecule has 1 aliphatic heterocycles. The second-order valence-corrected chi connectivity index (χ2v) is 2.75. The highest BCUT2D eigenvalue weighted by Crippen LogP contribution is 2.16. The molecule has 0 aliphatic carbocycles. The van der Waals surface area contributed by atoms with Crippen LogP contribution in [0.4, 0.5) is 0 Å². The van der Waals surface area contributed by atoms with Gasteiger partial charge >= 0.3 is 0 Å². The van der Waals surface area contributed by atoms with Gasteiger partial charge in [0.25, 0.3) is 0 Å². The fourth-order valence-corrected chi connectivity index (χ4v) is 1.25. The summed E-state index contributed by atoms with van der Waals surface area (Å²) in [4.78, 5) is 2.29. The van der Waals surface area contributed by atoms with E-state index in [9.17, 15) is 0 Å². The van der Waals surface area contributed by atoms with Crippen molar-refractivity contribution >= 4 is 0 Å². The van der Waals surface area contributed by atoms with E-state index >= 15 is 0 Å². The Bertz CT molecular complexity index is 62.8. The first-order valence-corrected chi connectivity index (χ1v) is 3.34. The molecular formula is C7H14N. The minimum absolute atomic E-state index is 0.814. The molecule has 1 saturated heterocycles. The maximum Gasteiger partial charge on any atom is 0.0276 e. The van der Waals surface area contributed by atoms with Crippen molar-refractivity contribution in [3.63, 3.8) is 0 Å². The minimum atomic E-state index is 0.814. The van der Waals surface area contributed by atoms with Gasteiger partial charge in [-0.25, -0.2) is 0 Å². The second-order valence-electron chi connectivity index (χ2n) is 2.75. The van der Waals surface area contributed by atoms with Crippen LogP contribution in [0.25, 0.3) is 0 Å². The summed E-state index contributed by atoms with van der Waals surface area (Å²) in [7, 11) is 2.15. The van der Waals surface area contributed by atoms with E-state index < -0.39 is 0 Å². The minimum Gasteiger partial charge on any atom is -0.302 e. The molecule has 47 valence electrons. The first-order valence-electron chi connectivity index (χ1n) is 3.34. The molecule has 1 heteroatoms. The third kappa shape index (κ3) is 1.48. The highest BCUT2D eigenvalue weighted by Gasteiger charge is 2.11. The molecule has 1 unspecified atom stereocenters. The van der Waals surface area contributed by atoms with Crippen molar-refractivity contribution in [2.24, 2.45) is 5.92 Å². The van der Waals surface area contributed by atoms with Crippen LogP contribution >= 0.6 is 0 Å². The lowest BCUT2D eigenvalue weighted by Gasteiger charge is -2.26. The van der Waals surface area contributed by atoms with Gasteiger partial charge in [-0.1, -0.05) is 6.92 Å². The van der Waals surface area contributed by atoms with Crippen LogP contribution in [0, 0.1) is 12.5 Å². The van der Waals surface area contributed by atoms with Crippen LogP contribution in [-0.2, 0) is 0 Å². The Hall–Kier alpha value is -0.0400. The summed E-state index contributed by atoms with van der Waals surface area (Å²) in [5.41, 5.74) is 0. The largest absolute Gasteiger partial charge is 0.302 e. The highest BCUT2D eigenvalue weighted by atomic mass is 15.1. The predicted octanol–water partition coefficient (Wildman–Crippen LogP) is 1.51. The molecule has 0 aromatic heterocycles. The molecular weight excluding hydrogens is 98.1 g/mol. The van der Waals surface area contributed by atoms with Crippen LogP contribution in [-0.4, -0.2) is 18.5 Å². The Balaban J connectivity index is 2.23. The van der Waals surface area contributed by atoms with Crippen LogP contribution in [0.2, 0.25) is 0 Å². The molecule has 1 atom stereocenters. The Morgan fingerprint density at radius 3 is 2.75 bits per heavy atom. The summed E-state index contributed by atoms with van der Waals surface area (Å²) >= 11 is 0. The molecule has 0 spiro atoms. The Morgan fingerprint density at radius 2 is 2.38 bits per heavy atom. The van der Waals surface area contributed by atoms with Crippen LogP contribution in [0.5, 0.6) is 0 Å². The van der Waals surface area contributed by atoms with Crippen LogP contribution < -0.4 is 0 Å². The van der Waals surface area contributed by atoms with Gasteiger partial charge in [0.05, 0.1) is 0 Å². The summed E-state index contributed by atoms with van der Waals surface area (Å²) in [6, 6.07) is 0. The van der Waals surface area contributed by atoms with Crippen molar-refractivity contribution in [1.82, 2.24) is 4.90 Å². The maximum atomic E-state index is 2.31. The number of nitrogens with zero attached hydrogens (tertiary/aromatic N) is 1. The summed E-state index contributed by atoms with van der Waals surface area (Å²) in [6.07, 6.45) is 2.75. The molecule has 1 nitrogen and oxygen atoms in total. The quantitative estimate of drug-likeness (QED) is 0.459. The zero-order chi connectivity index (χ0) is 5.98. The van der Waals surface area contributed by atoms with Crippen molar-refractivity contribution in [3.8, 4) is 0 Å². The van der Waals surface area contributed by atoms with E-state index in [-0.39, 0.29) is 0 Å². The lowest BCUT2D eigenvalue weighted by atomic mass is 10.0. The van der Waals surface area contributed by atoms with Gasteiger partial charge in [-0.15, -0.1) is 0 Å². The molecule has 0 bridgehead atoms. The van der Waals surface area contributed by atoms with E-state index in [0.717, 1.165) is 5.92 Å². The molecule has 0 N–H and O–H groups in total. The number of likely N-dealkylation sites (tertiary alicyclic amines) is 1. The first kappa shape index (κ1) is 6.09. The lowest BCUT2D eigenvalue weighted by Crippen LogP contribution is -2.25. The van der Waals surface area contributed by atoms with E-state index in [4.69, 9.17) is 0 Å². The number of hydrogen-bond acceptors (Lipinski definition) is 1. The molecule has 0 amide bonds. The predicted molar refractivity (Wildman–Crippen MR) is 35.3 cm³/mol. The van der Waals surface area contributed by atoms with Crippen LogP contribution in [0.15, 0.2) is 0 Å². The van der Waals surface area contributed by atoms with Gasteiger partial charge < -0.3 is 4.90 Å². The molecule has 1 rings (SSSR count). The van der Waals surface area contributed by atoms with E-state index in [2.05, 4.69) is 25.4 Å². The third-order valence-corrected chi connectivity index (χ3v) is 1.68. The maximum absolute atomic E-state index is 2.31. The molecule has 1 aliphatic rings. The molecule has 1 radical (unpaired) electrons. The van der Waals surface area contributed by atoms with Gasteiger partial charge in [-0.3, -0.25) is 0 Å². The average Bonchev–Trinajstić information content (AvgIpc) is 1.64. The third-order valence-electron chi connectivity index (χ3n) is 1.68. The zero-order valence-corrected chi connectivity index (χ0v) is 5.72. The van der Waals surface area contributed by atoms with Gasteiger partial charge in [0.2, 0.25) is 0 Å². The normalized spacial score (nSPS) is 33.0. The van der Waals surface area contributed by atoms with Crippen molar-refractivity contribution in [2.45, 2.75) is 19.8 Å². The highest BCUT2D eigenvalue weighted by molar-refractivity contribution is 4.76. The van der Waals surface area contributed by atoms with Crippen molar-refractivity contribution in [1.29, 1.82) is 0 Å². The summed E-state index contributed by atoms with van der Waals surface area (Å²) in [5.74, 6) is 0.814. The lowest BCUT2D eigenvalue weighted by molar-refractivity contribution is 0.283. The van der Waals surface area contributed by atoms with Crippen molar-refractivity contribution in [3.05, 3.63) is 6.54 Å². The van der Waals surface area contributed by atoms with E-state index in [0.29, 0.717) is 0 Å². The van der Waals surface area contributed by atoms with E-state index in [1.165, 1.54) is 19.4 Å². The SMILES string of the molecule is CC1[CH]N(C)CCC1. The van der Waals surface area contributed by atoms with E-state index in [1.54, 1.807) is 0 Å². The molecule has 1 fully saturated rings. The molecule has 1 heterocycles. The second kappa shape index (κ2) is 2.49. The monoisotopic (exact) mass is 112 g/mol. The van der Waals surface area contributed by atoms with Gasteiger partial charge in [-0.05, 0) is 32.4 Å². The molecule has 8 heavy (non-hydrogen) atoms. The Kier molecular flexibility index (Phi) is 1.90. The fraction of sp³-hybridized carbons (Fsp3) is 0.857. The Labute approximate surface area is 51.7 Å². The fourth-order valence-electron chi connectivity index (χ4n) is 1.25. The average molecular weight is 112 g/mol. The zero-order valence-electron chi connectivity index (χ0n) is 5.72. The van der Waals surface area contributed by atoms with Crippen molar-refractivity contribution in [2.75, 3.05) is 13.6 Å². The smallest absolute Gasteiger partial charge is 0.0276 e. The number of hydrogen-bond donors (Lipinski definition) is 0. The van der Waals surface area contributed by atoms with Gasteiger partial charge in [0.15, 0.2) is 0 Å². The number of rotatable bonds is 0. The summed E-state index contributed by atoms with van der Waals surface area (Å²) in [6.45, 7) is 5.84. The molecule has 0 aromatic carbocycles. The first-order chi connectivity index (χ1) is 3.79. The summed E-state index contributed by atoms with van der Waals surface area (Å²) in [5, 5.41) is 0. The van der Waals surface area contributed by atoms with Gasteiger partial charge in [0, 0.05) is 6.54 Å². The molecule has 0 saturated carbocycles. The van der Waals surface area contributed by atoms with E-state index in [1.807, 2.05) is 0 Å². The summed E-state index contributed by atoms with van der Waals surface area (Å²) < 4.78 is 0. The molecule has 0 aromatic rings. The topological polar surface area (TPSA) is 3.24 Å². The van der Waals surface area contributed by atoms with Crippen molar-refractivity contribution < 1.29 is 0 Å². The van der Waals surface area contributed by atoms with Crippen LogP contribution in [0.1, 0.15) is 19.8 Å².